The van der Waals surface area contributed by atoms with Crippen LogP contribution >= 0.6 is 27.3 Å². The Labute approximate surface area is 128 Å². The zero-order chi connectivity index (χ0) is 14.4. The van der Waals surface area contributed by atoms with Crippen molar-refractivity contribution in [2.24, 2.45) is 0 Å². The number of carbonyl (C=O) groups is 2. The molecule has 1 aromatic heterocycles. The van der Waals surface area contributed by atoms with E-state index < -0.39 is 0 Å². The minimum atomic E-state index is -0.323. The summed E-state index contributed by atoms with van der Waals surface area (Å²) in [4.78, 5) is 27.2. The lowest BCUT2D eigenvalue weighted by Crippen LogP contribution is -2.32. The van der Waals surface area contributed by atoms with Gasteiger partial charge in [0.1, 0.15) is 0 Å². The molecule has 2 aromatic rings. The number of benzene rings is 1. The zero-order valence-corrected chi connectivity index (χ0v) is 13.0. The molecule has 2 N–H and O–H groups in total. The normalized spacial score (nSPS) is 15.6. The molecule has 2 amide bonds. The molecule has 1 aliphatic rings. The Morgan fingerprint density at radius 3 is 2.60 bits per heavy atom. The number of nitrogen functional groups attached to an aromatic ring is 1. The third-order valence-electron chi connectivity index (χ3n) is 3.39. The van der Waals surface area contributed by atoms with Gasteiger partial charge in [0, 0.05) is 15.0 Å². The number of nitrogens with two attached hydrogens (primary N) is 1. The predicted octanol–water partition coefficient (Wildman–Crippen LogP) is 3.45. The van der Waals surface area contributed by atoms with Crippen molar-refractivity contribution in [2.75, 3.05) is 5.73 Å². The number of halogens is 1. The SMILES string of the molecule is CC(c1sccc1Br)N1C(=O)c2cccc(N)c2C1=O. The quantitative estimate of drug-likeness (QED) is 0.666. The van der Waals surface area contributed by atoms with E-state index in [0.29, 0.717) is 16.8 Å². The fourth-order valence-electron chi connectivity index (χ4n) is 2.40. The molecule has 1 atom stereocenters. The molecule has 4 nitrogen and oxygen atoms in total. The highest BCUT2D eigenvalue weighted by molar-refractivity contribution is 9.10. The monoisotopic (exact) mass is 350 g/mol. The van der Waals surface area contributed by atoms with Crippen LogP contribution in [0.25, 0.3) is 0 Å². The fraction of sp³-hybridized carbons (Fsp3) is 0.143. The van der Waals surface area contributed by atoms with Gasteiger partial charge in [-0.05, 0) is 46.4 Å². The number of fused-ring (bicyclic) bond motifs is 1. The molecule has 0 bridgehead atoms. The van der Waals surface area contributed by atoms with Gasteiger partial charge in [0.05, 0.1) is 17.2 Å². The maximum absolute atomic E-state index is 12.5. The first-order valence-corrected chi connectivity index (χ1v) is 7.69. The summed E-state index contributed by atoms with van der Waals surface area (Å²) in [5, 5.41) is 1.92. The Balaban J connectivity index is 2.06. The van der Waals surface area contributed by atoms with E-state index in [0.717, 1.165) is 9.35 Å². The predicted molar refractivity (Wildman–Crippen MR) is 81.8 cm³/mol. The van der Waals surface area contributed by atoms with Crippen LogP contribution in [-0.2, 0) is 0 Å². The lowest BCUT2D eigenvalue weighted by atomic mass is 10.1. The van der Waals surface area contributed by atoms with Crippen molar-refractivity contribution < 1.29 is 9.59 Å². The first kappa shape index (κ1) is 13.3. The van der Waals surface area contributed by atoms with E-state index in [2.05, 4.69) is 15.9 Å². The molecular weight excluding hydrogens is 340 g/mol. The number of imide groups is 1. The molecule has 6 heteroatoms. The zero-order valence-electron chi connectivity index (χ0n) is 10.6. The molecule has 102 valence electrons. The van der Waals surface area contributed by atoms with Crippen molar-refractivity contribution in [1.29, 1.82) is 0 Å². The molecule has 20 heavy (non-hydrogen) atoms. The molecule has 1 aliphatic heterocycles. The number of nitrogens with zero attached hydrogens (tertiary/aromatic N) is 1. The van der Waals surface area contributed by atoms with E-state index in [4.69, 9.17) is 5.73 Å². The van der Waals surface area contributed by atoms with Gasteiger partial charge in [-0.25, -0.2) is 0 Å². The van der Waals surface area contributed by atoms with E-state index in [-0.39, 0.29) is 17.9 Å². The number of amides is 2. The largest absolute Gasteiger partial charge is 0.398 e. The molecule has 3 rings (SSSR count). The van der Waals surface area contributed by atoms with Gasteiger partial charge in [-0.3, -0.25) is 14.5 Å². The summed E-state index contributed by atoms with van der Waals surface area (Å²) in [6.45, 7) is 1.84. The van der Waals surface area contributed by atoms with Crippen LogP contribution < -0.4 is 5.73 Å². The first-order chi connectivity index (χ1) is 9.52. The molecule has 1 aromatic carbocycles. The van der Waals surface area contributed by atoms with Gasteiger partial charge in [0.25, 0.3) is 11.8 Å². The summed E-state index contributed by atoms with van der Waals surface area (Å²) >= 11 is 4.95. The van der Waals surface area contributed by atoms with Crippen LogP contribution in [0.4, 0.5) is 5.69 Å². The topological polar surface area (TPSA) is 63.4 Å². The number of thiophene rings is 1. The average Bonchev–Trinajstić information content (AvgIpc) is 2.93. The average molecular weight is 351 g/mol. The first-order valence-electron chi connectivity index (χ1n) is 6.01. The van der Waals surface area contributed by atoms with E-state index in [1.54, 1.807) is 18.2 Å². The van der Waals surface area contributed by atoms with Crippen molar-refractivity contribution >= 4 is 44.8 Å². The number of rotatable bonds is 2. The lowest BCUT2D eigenvalue weighted by molar-refractivity contribution is 0.0598. The third-order valence-corrected chi connectivity index (χ3v) is 5.43. The summed E-state index contributed by atoms with van der Waals surface area (Å²) in [7, 11) is 0. The summed E-state index contributed by atoms with van der Waals surface area (Å²) in [5.74, 6) is -0.610. The van der Waals surface area contributed by atoms with Crippen LogP contribution in [-0.4, -0.2) is 16.7 Å². The van der Waals surface area contributed by atoms with Gasteiger partial charge >= 0.3 is 0 Å². The molecule has 0 spiro atoms. The molecule has 0 saturated heterocycles. The van der Waals surface area contributed by atoms with E-state index >= 15 is 0 Å². The highest BCUT2D eigenvalue weighted by atomic mass is 79.9. The van der Waals surface area contributed by atoms with Gasteiger partial charge in [0.15, 0.2) is 0 Å². The maximum atomic E-state index is 12.5. The molecule has 2 heterocycles. The Morgan fingerprint density at radius 2 is 2.00 bits per heavy atom. The Kier molecular flexibility index (Phi) is 3.14. The van der Waals surface area contributed by atoms with Crippen LogP contribution in [0.5, 0.6) is 0 Å². The van der Waals surface area contributed by atoms with Crippen LogP contribution in [0.15, 0.2) is 34.1 Å². The van der Waals surface area contributed by atoms with Gasteiger partial charge in [0.2, 0.25) is 0 Å². The Hall–Kier alpha value is -1.66. The van der Waals surface area contributed by atoms with Crippen LogP contribution in [0.3, 0.4) is 0 Å². The van der Waals surface area contributed by atoms with E-state index in [1.807, 2.05) is 18.4 Å². The number of hydrogen-bond acceptors (Lipinski definition) is 4. The Morgan fingerprint density at radius 1 is 1.25 bits per heavy atom. The van der Waals surface area contributed by atoms with Crippen molar-refractivity contribution in [1.82, 2.24) is 4.90 Å². The minimum absolute atomic E-state index is 0.287. The second-order valence-corrected chi connectivity index (χ2v) is 6.36. The van der Waals surface area contributed by atoms with Crippen LogP contribution in [0.1, 0.15) is 38.6 Å². The van der Waals surface area contributed by atoms with Gasteiger partial charge in [-0.1, -0.05) is 6.07 Å². The van der Waals surface area contributed by atoms with Gasteiger partial charge in [-0.2, -0.15) is 0 Å². The van der Waals surface area contributed by atoms with E-state index in [9.17, 15) is 9.59 Å². The second-order valence-electron chi connectivity index (χ2n) is 4.56. The summed E-state index contributed by atoms with van der Waals surface area (Å²) < 4.78 is 0.902. The summed E-state index contributed by atoms with van der Waals surface area (Å²) in [6.07, 6.45) is 0. The molecule has 1 unspecified atom stereocenters. The number of anilines is 1. The number of hydrogen-bond donors (Lipinski definition) is 1. The van der Waals surface area contributed by atoms with Crippen molar-refractivity contribution in [3.05, 3.63) is 50.1 Å². The van der Waals surface area contributed by atoms with Crippen LogP contribution in [0.2, 0.25) is 0 Å². The molecule has 0 saturated carbocycles. The second kappa shape index (κ2) is 4.71. The van der Waals surface area contributed by atoms with Gasteiger partial charge in [-0.15, -0.1) is 11.3 Å². The minimum Gasteiger partial charge on any atom is -0.398 e. The van der Waals surface area contributed by atoms with Crippen LogP contribution in [0, 0.1) is 0 Å². The smallest absolute Gasteiger partial charge is 0.264 e. The molecule has 0 aliphatic carbocycles. The van der Waals surface area contributed by atoms with Crippen molar-refractivity contribution in [3.8, 4) is 0 Å². The van der Waals surface area contributed by atoms with Crippen molar-refractivity contribution in [3.63, 3.8) is 0 Å². The number of carbonyl (C=O) groups excluding carboxylic acids is 2. The molecule has 0 fully saturated rings. The maximum Gasteiger partial charge on any atom is 0.264 e. The summed E-state index contributed by atoms with van der Waals surface area (Å²) in [5.41, 5.74) is 6.88. The highest BCUT2D eigenvalue weighted by Crippen LogP contribution is 2.38. The van der Waals surface area contributed by atoms with Crippen molar-refractivity contribution in [2.45, 2.75) is 13.0 Å². The lowest BCUT2D eigenvalue weighted by Gasteiger charge is -2.21. The fourth-order valence-corrected chi connectivity index (χ4v) is 4.15. The molecular formula is C14H11BrN2O2S. The standard InChI is InChI=1S/C14H11BrN2O2S/c1-7(12-9(15)5-6-20-12)17-13(18)8-3-2-4-10(16)11(8)14(17)19/h2-7H,16H2,1H3. The Bertz CT molecular complexity index is 726. The molecule has 0 radical (unpaired) electrons. The summed E-state index contributed by atoms with van der Waals surface area (Å²) in [6, 6.07) is 6.55. The van der Waals surface area contributed by atoms with Gasteiger partial charge < -0.3 is 5.73 Å². The van der Waals surface area contributed by atoms with E-state index in [1.165, 1.54) is 16.2 Å². The third kappa shape index (κ3) is 1.79. The highest BCUT2D eigenvalue weighted by Gasteiger charge is 2.40.